The van der Waals surface area contributed by atoms with Crippen molar-refractivity contribution in [2.75, 3.05) is 50.6 Å². The van der Waals surface area contributed by atoms with Gasteiger partial charge in [0.25, 0.3) is 0 Å². The first kappa shape index (κ1) is 15.3. The van der Waals surface area contributed by atoms with Gasteiger partial charge < -0.3 is 15.0 Å². The van der Waals surface area contributed by atoms with Gasteiger partial charge in [-0.1, -0.05) is 0 Å². The molecular weight excluding hydrogens is 276 g/mol. The molecule has 0 unspecified atom stereocenters. The van der Waals surface area contributed by atoms with E-state index < -0.39 is 10.8 Å². The molecule has 1 aliphatic heterocycles. The summed E-state index contributed by atoms with van der Waals surface area (Å²) in [7, 11) is 1.29. The van der Waals surface area contributed by atoms with E-state index in [2.05, 4.69) is 27.2 Å². The summed E-state index contributed by atoms with van der Waals surface area (Å²) >= 11 is 0. The van der Waals surface area contributed by atoms with Crippen LogP contribution in [0.4, 0.5) is 5.82 Å². The van der Waals surface area contributed by atoms with Gasteiger partial charge in [0.15, 0.2) is 0 Å². The Morgan fingerprint density at radius 2 is 2.35 bits per heavy atom. The molecule has 2 atom stereocenters. The summed E-state index contributed by atoms with van der Waals surface area (Å²) in [6.07, 6.45) is 1.70. The molecule has 6 nitrogen and oxygen atoms in total. The van der Waals surface area contributed by atoms with Crippen LogP contribution in [0.25, 0.3) is 0 Å². The lowest BCUT2D eigenvalue weighted by Gasteiger charge is -2.29. The van der Waals surface area contributed by atoms with Crippen LogP contribution in [0.5, 0.6) is 0 Å². The molecule has 2 rings (SSSR count). The molecule has 0 aliphatic carbocycles. The molecule has 0 bridgehead atoms. The maximum atomic E-state index is 11.1. The number of likely N-dealkylation sites (N-methyl/N-ethyl adjacent to an activating group) is 1. The number of hydrogen-bond donors (Lipinski definition) is 1. The maximum absolute atomic E-state index is 11.1. The van der Waals surface area contributed by atoms with E-state index in [1.54, 1.807) is 6.26 Å². The number of nitrogens with zero attached hydrogens (tertiary/aromatic N) is 3. The Hall–Kier alpha value is -1.05. The second kappa shape index (κ2) is 7.10. The van der Waals surface area contributed by atoms with Crippen LogP contribution in [0.2, 0.25) is 0 Å². The molecule has 0 radical (unpaired) electrons. The van der Waals surface area contributed by atoms with E-state index in [0.717, 1.165) is 37.0 Å². The second-order valence-electron chi connectivity index (χ2n) is 5.05. The summed E-state index contributed by atoms with van der Waals surface area (Å²) in [5.41, 5.74) is 0.907. The van der Waals surface area contributed by atoms with Gasteiger partial charge in [0.05, 0.1) is 12.3 Å². The predicted octanol–water partition coefficient (Wildman–Crippen LogP) is 0.579. The highest BCUT2D eigenvalue weighted by molar-refractivity contribution is 7.84. The monoisotopic (exact) mass is 298 g/mol. The van der Waals surface area contributed by atoms with Gasteiger partial charge in [-0.25, -0.2) is 9.97 Å². The van der Waals surface area contributed by atoms with Gasteiger partial charge >= 0.3 is 0 Å². The number of aryl methyl sites for hydroxylation is 1. The van der Waals surface area contributed by atoms with Crippen LogP contribution in [0.1, 0.15) is 17.6 Å². The summed E-state index contributed by atoms with van der Waals surface area (Å²) in [6.45, 7) is 5.04. The Morgan fingerprint density at radius 3 is 3.05 bits per heavy atom. The highest BCUT2D eigenvalue weighted by Crippen LogP contribution is 2.21. The average molecular weight is 298 g/mol. The lowest BCUT2D eigenvalue weighted by atomic mass is 10.2. The molecule has 1 aromatic rings. The zero-order valence-corrected chi connectivity index (χ0v) is 13.1. The van der Waals surface area contributed by atoms with Gasteiger partial charge in [0, 0.05) is 48.5 Å². The van der Waals surface area contributed by atoms with E-state index in [1.807, 2.05) is 13.0 Å². The van der Waals surface area contributed by atoms with E-state index in [4.69, 9.17) is 4.74 Å². The van der Waals surface area contributed by atoms with Gasteiger partial charge in [0.2, 0.25) is 0 Å². The van der Waals surface area contributed by atoms with Crippen LogP contribution in [0, 0.1) is 6.92 Å². The first-order valence-corrected chi connectivity index (χ1v) is 8.47. The summed E-state index contributed by atoms with van der Waals surface area (Å²) in [6, 6.07) is 1.93. The third-order valence-electron chi connectivity index (χ3n) is 3.15. The third kappa shape index (κ3) is 4.50. The first-order chi connectivity index (χ1) is 9.54. The van der Waals surface area contributed by atoms with Crippen molar-refractivity contribution in [3.63, 3.8) is 0 Å². The Labute approximate surface area is 122 Å². The summed E-state index contributed by atoms with van der Waals surface area (Å²) in [4.78, 5) is 11.1. The number of anilines is 1. The van der Waals surface area contributed by atoms with Crippen molar-refractivity contribution < 1.29 is 8.95 Å². The molecule has 20 heavy (non-hydrogen) atoms. The van der Waals surface area contributed by atoms with Crippen LogP contribution < -0.4 is 5.32 Å². The number of ether oxygens (including phenoxy) is 1. The number of rotatable bonds is 5. The first-order valence-electron chi connectivity index (χ1n) is 6.74. The molecule has 0 aromatic carbocycles. The molecule has 1 aliphatic rings. The minimum absolute atomic E-state index is 0.00342. The van der Waals surface area contributed by atoms with Crippen molar-refractivity contribution in [3.05, 3.63) is 17.6 Å². The molecule has 112 valence electrons. The predicted molar refractivity (Wildman–Crippen MR) is 80.4 cm³/mol. The van der Waals surface area contributed by atoms with Crippen molar-refractivity contribution in [1.29, 1.82) is 0 Å². The Kier molecular flexibility index (Phi) is 5.45. The highest BCUT2D eigenvalue weighted by atomic mass is 32.2. The fourth-order valence-corrected chi connectivity index (χ4v) is 2.52. The zero-order chi connectivity index (χ0) is 14.5. The van der Waals surface area contributed by atoms with Crippen molar-refractivity contribution in [2.45, 2.75) is 13.0 Å². The van der Waals surface area contributed by atoms with Crippen LogP contribution in [0.15, 0.2) is 6.07 Å². The van der Waals surface area contributed by atoms with Gasteiger partial charge in [-0.05, 0) is 14.0 Å². The molecule has 2 heterocycles. The fraction of sp³-hybridized carbons (Fsp3) is 0.692. The molecule has 1 N–H and O–H groups in total. The van der Waals surface area contributed by atoms with Crippen molar-refractivity contribution in [3.8, 4) is 0 Å². The Morgan fingerprint density at radius 1 is 1.55 bits per heavy atom. The third-order valence-corrected chi connectivity index (χ3v) is 3.93. The highest BCUT2D eigenvalue weighted by Gasteiger charge is 2.21. The molecular formula is C13H22N4O2S. The molecule has 0 saturated carbocycles. The van der Waals surface area contributed by atoms with Gasteiger partial charge in [-0.2, -0.15) is 0 Å². The number of hydrogen-bond acceptors (Lipinski definition) is 6. The van der Waals surface area contributed by atoms with Crippen LogP contribution in [0.3, 0.4) is 0 Å². The second-order valence-corrected chi connectivity index (χ2v) is 6.61. The summed E-state index contributed by atoms with van der Waals surface area (Å²) < 4.78 is 16.8. The minimum atomic E-state index is -0.796. The number of nitrogens with one attached hydrogen (secondary N) is 1. The van der Waals surface area contributed by atoms with Crippen molar-refractivity contribution in [1.82, 2.24) is 14.9 Å². The lowest BCUT2D eigenvalue weighted by Crippen LogP contribution is -2.35. The quantitative estimate of drug-likeness (QED) is 0.857. The number of morpholine rings is 1. The van der Waals surface area contributed by atoms with Gasteiger partial charge in [0.1, 0.15) is 17.7 Å². The van der Waals surface area contributed by atoms with E-state index in [9.17, 15) is 4.21 Å². The molecule has 7 heteroatoms. The molecule has 1 saturated heterocycles. The van der Waals surface area contributed by atoms with Crippen LogP contribution in [-0.4, -0.2) is 64.4 Å². The van der Waals surface area contributed by atoms with Gasteiger partial charge in [-0.15, -0.1) is 0 Å². The molecule has 1 fully saturated rings. The standard InChI is InChI=1S/C13H22N4O2S/c1-10-15-11(12-9-17(2)5-6-19-12)8-13(16-10)14-4-7-20(3)18/h8,12H,4-7,9H2,1-3H3,(H,14,15,16)/t12-,20-/m0/s1. The van der Waals surface area contributed by atoms with Crippen LogP contribution in [-0.2, 0) is 15.5 Å². The van der Waals surface area contributed by atoms with E-state index in [1.165, 1.54) is 0 Å². The smallest absolute Gasteiger partial charge is 0.130 e. The normalized spacial score (nSPS) is 21.6. The Balaban J connectivity index is 2.05. The fourth-order valence-electron chi connectivity index (χ4n) is 2.13. The van der Waals surface area contributed by atoms with Crippen LogP contribution >= 0.6 is 0 Å². The van der Waals surface area contributed by atoms with Crippen molar-refractivity contribution >= 4 is 16.6 Å². The molecule has 1 aromatic heterocycles. The van der Waals surface area contributed by atoms with E-state index >= 15 is 0 Å². The minimum Gasteiger partial charge on any atom is -0.369 e. The average Bonchev–Trinajstić information content (AvgIpc) is 2.37. The lowest BCUT2D eigenvalue weighted by molar-refractivity contribution is -0.0232. The Bertz CT molecular complexity index is 483. The maximum Gasteiger partial charge on any atom is 0.130 e. The largest absolute Gasteiger partial charge is 0.369 e. The zero-order valence-electron chi connectivity index (χ0n) is 12.3. The van der Waals surface area contributed by atoms with E-state index in [0.29, 0.717) is 12.3 Å². The summed E-state index contributed by atoms with van der Waals surface area (Å²) in [5.74, 6) is 2.11. The summed E-state index contributed by atoms with van der Waals surface area (Å²) in [5, 5.41) is 3.19. The van der Waals surface area contributed by atoms with Gasteiger partial charge in [-0.3, -0.25) is 4.21 Å². The SMILES string of the molecule is Cc1nc(NCC[S@](C)=O)cc([C@@H]2CN(C)CCO2)n1. The number of aromatic nitrogens is 2. The molecule has 0 spiro atoms. The van der Waals surface area contributed by atoms with Crippen molar-refractivity contribution in [2.24, 2.45) is 0 Å². The van der Waals surface area contributed by atoms with E-state index in [-0.39, 0.29) is 6.10 Å². The molecule has 0 amide bonds. The topological polar surface area (TPSA) is 67.4 Å².